The Morgan fingerprint density at radius 3 is 2.22 bits per heavy atom. The first-order valence-electron chi connectivity index (χ1n) is 9.60. The third kappa shape index (κ3) is 4.59. The zero-order valence-electron chi connectivity index (χ0n) is 17.3. The molecule has 2 aromatic rings. The summed E-state index contributed by atoms with van der Waals surface area (Å²) < 4.78 is 11.2. The minimum atomic E-state index is -0.125. The van der Waals surface area contributed by atoms with Crippen LogP contribution in [0.4, 0.5) is 0 Å². The van der Waals surface area contributed by atoms with Crippen LogP contribution in [-0.4, -0.2) is 25.1 Å². The second-order valence-electron chi connectivity index (χ2n) is 9.35. The summed E-state index contributed by atoms with van der Waals surface area (Å²) in [5.41, 5.74) is 3.36. The van der Waals surface area contributed by atoms with Crippen molar-refractivity contribution in [1.29, 1.82) is 0 Å². The maximum atomic E-state index is 13.3. The number of rotatable bonds is 5. The van der Waals surface area contributed by atoms with Gasteiger partial charge in [-0.3, -0.25) is 4.79 Å². The second kappa shape index (κ2) is 7.12. The van der Waals surface area contributed by atoms with Gasteiger partial charge in [0.05, 0.1) is 6.61 Å². The summed E-state index contributed by atoms with van der Waals surface area (Å²) in [6.07, 6.45) is 0.206. The lowest BCUT2D eigenvalue weighted by Gasteiger charge is -2.25. The van der Waals surface area contributed by atoms with Crippen molar-refractivity contribution in [3.05, 3.63) is 64.7 Å². The fourth-order valence-electron chi connectivity index (χ4n) is 3.22. The van der Waals surface area contributed by atoms with E-state index in [1.54, 1.807) is 0 Å². The first-order chi connectivity index (χ1) is 12.6. The Labute approximate surface area is 162 Å². The molecule has 0 bridgehead atoms. The molecule has 0 radical (unpaired) electrons. The lowest BCUT2D eigenvalue weighted by atomic mass is 9.80. The standard InChI is InChI=1S/C24H30O3/c1-23(2,3)19-10-8-7-9-18(19)22(25)16-11-12-21(27-15-17-14-26-17)20(13-16)24(4,5)6/h7-13,17H,14-15H2,1-6H3. The van der Waals surface area contributed by atoms with Gasteiger partial charge in [0, 0.05) is 16.7 Å². The highest BCUT2D eigenvalue weighted by Crippen LogP contribution is 2.34. The number of hydrogen-bond acceptors (Lipinski definition) is 3. The number of ketones is 1. The van der Waals surface area contributed by atoms with Gasteiger partial charge in [-0.25, -0.2) is 0 Å². The summed E-state index contributed by atoms with van der Waals surface area (Å²) in [5, 5.41) is 0. The zero-order valence-corrected chi connectivity index (χ0v) is 17.3. The summed E-state index contributed by atoms with van der Waals surface area (Å²) in [7, 11) is 0. The van der Waals surface area contributed by atoms with Crippen LogP contribution in [-0.2, 0) is 15.6 Å². The minimum absolute atomic E-state index is 0.0584. The number of carbonyl (C=O) groups excluding carboxylic acids is 1. The van der Waals surface area contributed by atoms with Gasteiger partial charge in [-0.1, -0.05) is 65.8 Å². The molecule has 3 heteroatoms. The van der Waals surface area contributed by atoms with E-state index in [4.69, 9.17) is 9.47 Å². The second-order valence-corrected chi connectivity index (χ2v) is 9.35. The van der Waals surface area contributed by atoms with Gasteiger partial charge >= 0.3 is 0 Å². The smallest absolute Gasteiger partial charge is 0.193 e. The molecule has 0 amide bonds. The summed E-state index contributed by atoms with van der Waals surface area (Å²) in [4.78, 5) is 13.3. The normalized spacial score (nSPS) is 16.9. The third-order valence-electron chi connectivity index (χ3n) is 4.86. The highest BCUT2D eigenvalue weighted by Gasteiger charge is 2.27. The summed E-state index contributed by atoms with van der Waals surface area (Å²) in [6.45, 7) is 14.2. The van der Waals surface area contributed by atoms with Crippen LogP contribution in [0.25, 0.3) is 0 Å². The monoisotopic (exact) mass is 366 g/mol. The van der Waals surface area contributed by atoms with Gasteiger partial charge in [-0.2, -0.15) is 0 Å². The maximum Gasteiger partial charge on any atom is 0.193 e. The van der Waals surface area contributed by atoms with Crippen LogP contribution in [0, 0.1) is 0 Å². The molecule has 3 rings (SSSR count). The molecule has 1 atom stereocenters. The highest BCUT2D eigenvalue weighted by molar-refractivity contribution is 6.10. The molecule has 0 saturated carbocycles. The lowest BCUT2D eigenvalue weighted by Crippen LogP contribution is -2.19. The Hall–Kier alpha value is -2.13. The highest BCUT2D eigenvalue weighted by atomic mass is 16.6. The molecule has 1 saturated heterocycles. The maximum absolute atomic E-state index is 13.3. The fourth-order valence-corrected chi connectivity index (χ4v) is 3.22. The molecule has 1 aliphatic rings. The topological polar surface area (TPSA) is 38.8 Å². The van der Waals surface area contributed by atoms with E-state index >= 15 is 0 Å². The van der Waals surface area contributed by atoms with Gasteiger partial charge in [0.1, 0.15) is 18.5 Å². The average Bonchev–Trinajstić information content (AvgIpc) is 3.42. The van der Waals surface area contributed by atoms with E-state index in [0.717, 1.165) is 29.0 Å². The summed E-state index contributed by atoms with van der Waals surface area (Å²) in [5.74, 6) is 0.891. The number of hydrogen-bond donors (Lipinski definition) is 0. The average molecular weight is 367 g/mol. The van der Waals surface area contributed by atoms with E-state index < -0.39 is 0 Å². The molecule has 0 N–H and O–H groups in total. The predicted molar refractivity (Wildman–Crippen MR) is 109 cm³/mol. The van der Waals surface area contributed by atoms with Crippen LogP contribution in [0.1, 0.15) is 68.6 Å². The van der Waals surface area contributed by atoms with Crippen LogP contribution >= 0.6 is 0 Å². The molecule has 0 spiro atoms. The van der Waals surface area contributed by atoms with Crippen LogP contribution in [0.5, 0.6) is 5.75 Å². The molecule has 0 aromatic heterocycles. The minimum Gasteiger partial charge on any atom is -0.490 e. The van der Waals surface area contributed by atoms with Crippen molar-refractivity contribution in [3.63, 3.8) is 0 Å². The van der Waals surface area contributed by atoms with Gasteiger partial charge in [0.25, 0.3) is 0 Å². The summed E-state index contributed by atoms with van der Waals surface area (Å²) in [6, 6.07) is 13.7. The van der Waals surface area contributed by atoms with Crippen LogP contribution in [0.3, 0.4) is 0 Å². The van der Waals surface area contributed by atoms with Crippen LogP contribution in [0.15, 0.2) is 42.5 Å². The molecular formula is C24H30O3. The number of ether oxygens (including phenoxy) is 2. The van der Waals surface area contributed by atoms with Gasteiger partial charge in [0.15, 0.2) is 5.78 Å². The fraction of sp³-hybridized carbons (Fsp3) is 0.458. The number of epoxide rings is 1. The van der Waals surface area contributed by atoms with Crippen molar-refractivity contribution < 1.29 is 14.3 Å². The van der Waals surface area contributed by atoms with E-state index in [1.165, 1.54) is 0 Å². The Morgan fingerprint density at radius 1 is 1.00 bits per heavy atom. The Bertz CT molecular complexity index is 833. The van der Waals surface area contributed by atoms with E-state index in [-0.39, 0.29) is 22.7 Å². The Morgan fingerprint density at radius 2 is 1.63 bits per heavy atom. The third-order valence-corrected chi connectivity index (χ3v) is 4.86. The van der Waals surface area contributed by atoms with E-state index in [9.17, 15) is 4.79 Å². The molecule has 1 fully saturated rings. The number of carbonyl (C=O) groups is 1. The van der Waals surface area contributed by atoms with Gasteiger partial charge in [-0.15, -0.1) is 0 Å². The van der Waals surface area contributed by atoms with Gasteiger partial charge in [0.2, 0.25) is 0 Å². The quantitative estimate of drug-likeness (QED) is 0.533. The number of benzene rings is 2. The van der Waals surface area contributed by atoms with Crippen molar-refractivity contribution >= 4 is 5.78 Å². The lowest BCUT2D eigenvalue weighted by molar-refractivity contribution is 0.103. The summed E-state index contributed by atoms with van der Waals surface area (Å²) >= 11 is 0. The van der Waals surface area contributed by atoms with Crippen molar-refractivity contribution in [2.24, 2.45) is 0 Å². The molecule has 1 heterocycles. The predicted octanol–water partition coefficient (Wildman–Crippen LogP) is 5.29. The first-order valence-corrected chi connectivity index (χ1v) is 9.60. The SMILES string of the molecule is CC(C)(C)c1cc(C(=O)c2ccccc2C(C)(C)C)ccc1OCC1CO1. The molecule has 3 nitrogen and oxygen atoms in total. The molecule has 1 aliphatic heterocycles. The van der Waals surface area contributed by atoms with E-state index in [1.807, 2.05) is 42.5 Å². The molecule has 1 unspecified atom stereocenters. The van der Waals surface area contributed by atoms with Gasteiger partial charge in [-0.05, 0) is 34.6 Å². The van der Waals surface area contributed by atoms with Crippen molar-refractivity contribution in [1.82, 2.24) is 0 Å². The largest absolute Gasteiger partial charge is 0.490 e. The van der Waals surface area contributed by atoms with Crippen molar-refractivity contribution in [3.8, 4) is 5.75 Å². The van der Waals surface area contributed by atoms with Gasteiger partial charge < -0.3 is 9.47 Å². The van der Waals surface area contributed by atoms with Crippen LogP contribution < -0.4 is 4.74 Å². The Kier molecular flexibility index (Phi) is 5.18. The Balaban J connectivity index is 1.98. The van der Waals surface area contributed by atoms with Crippen molar-refractivity contribution in [2.75, 3.05) is 13.2 Å². The molecule has 0 aliphatic carbocycles. The molecule has 27 heavy (non-hydrogen) atoms. The molecule has 144 valence electrons. The molecular weight excluding hydrogens is 336 g/mol. The first kappa shape index (κ1) is 19.6. The van der Waals surface area contributed by atoms with E-state index in [2.05, 4.69) is 41.5 Å². The zero-order chi connectivity index (χ0) is 19.8. The van der Waals surface area contributed by atoms with Crippen LogP contribution in [0.2, 0.25) is 0 Å². The molecule has 2 aromatic carbocycles. The van der Waals surface area contributed by atoms with Crippen molar-refractivity contribution in [2.45, 2.75) is 58.5 Å². The van der Waals surface area contributed by atoms with E-state index in [0.29, 0.717) is 12.2 Å².